The summed E-state index contributed by atoms with van der Waals surface area (Å²) in [5, 5.41) is 0. The molecule has 23 heavy (non-hydrogen) atoms. The Bertz CT molecular complexity index is 672. The van der Waals surface area contributed by atoms with E-state index < -0.39 is 9.84 Å². The van der Waals surface area contributed by atoms with Crippen LogP contribution in [0.25, 0.3) is 0 Å². The molecule has 2 N–H and O–H groups in total. The predicted molar refractivity (Wildman–Crippen MR) is 89.9 cm³/mol. The van der Waals surface area contributed by atoms with E-state index in [1.165, 1.54) is 0 Å². The fourth-order valence-electron chi connectivity index (χ4n) is 2.20. The van der Waals surface area contributed by atoms with E-state index in [-0.39, 0.29) is 0 Å². The quantitative estimate of drug-likeness (QED) is 0.896. The maximum absolute atomic E-state index is 10.4. The lowest BCUT2D eigenvalue weighted by Gasteiger charge is -2.07. The molecule has 0 atom stereocenters. The number of ether oxygens (including phenoxy) is 1. The molecule has 2 aromatic rings. The number of sulfone groups is 1. The fourth-order valence-corrected chi connectivity index (χ4v) is 3.69. The highest BCUT2D eigenvalue weighted by Gasteiger charge is 2.16. The molecule has 0 radical (unpaired) electrons. The van der Waals surface area contributed by atoms with Crippen LogP contribution in [0.5, 0.6) is 5.75 Å². The van der Waals surface area contributed by atoms with Gasteiger partial charge < -0.3 is 15.0 Å². The van der Waals surface area contributed by atoms with E-state index >= 15 is 0 Å². The Balaban J connectivity index is 0.000000229. The summed E-state index contributed by atoms with van der Waals surface area (Å²) in [5.41, 5.74) is 6.64. The first-order valence-corrected chi connectivity index (χ1v) is 9.49. The van der Waals surface area contributed by atoms with Crippen LogP contribution in [0.3, 0.4) is 0 Å². The standard InChI is InChI=1S/C12H15N3O.C4H8O2S/c13-9-11-2-1-3-12(8-11)16-7-6-15-5-4-14-10-15;5-7(6)3-1-2-4-7/h1-5,8,10H,6-7,9,13H2;1-4H2. The smallest absolute Gasteiger partial charge is 0.150 e. The van der Waals surface area contributed by atoms with E-state index in [1.54, 1.807) is 12.5 Å². The molecule has 126 valence electrons. The van der Waals surface area contributed by atoms with Crippen molar-refractivity contribution in [2.45, 2.75) is 25.9 Å². The lowest BCUT2D eigenvalue weighted by molar-refractivity contribution is 0.298. The van der Waals surface area contributed by atoms with Crippen molar-refractivity contribution in [1.82, 2.24) is 9.55 Å². The molecule has 1 aromatic heterocycles. The second-order valence-corrected chi connectivity index (χ2v) is 7.66. The van der Waals surface area contributed by atoms with E-state index in [2.05, 4.69) is 4.98 Å². The molecule has 1 fully saturated rings. The molecular weight excluding hydrogens is 314 g/mol. The number of benzene rings is 1. The van der Waals surface area contributed by atoms with E-state index in [9.17, 15) is 8.42 Å². The Morgan fingerprint density at radius 3 is 2.61 bits per heavy atom. The zero-order chi connectivity index (χ0) is 16.5. The topological polar surface area (TPSA) is 87.2 Å². The third-order valence-electron chi connectivity index (χ3n) is 3.47. The van der Waals surface area contributed by atoms with Crippen molar-refractivity contribution in [3.05, 3.63) is 48.5 Å². The molecule has 0 unspecified atom stereocenters. The Hall–Kier alpha value is -1.86. The molecule has 1 aromatic carbocycles. The Kier molecular flexibility index (Phi) is 6.61. The third-order valence-corrected chi connectivity index (χ3v) is 5.29. The number of hydrogen-bond acceptors (Lipinski definition) is 5. The molecule has 7 heteroatoms. The van der Waals surface area contributed by atoms with Crippen LogP contribution in [-0.4, -0.2) is 36.1 Å². The summed E-state index contributed by atoms with van der Waals surface area (Å²) in [6.45, 7) is 1.97. The summed E-state index contributed by atoms with van der Waals surface area (Å²) < 4.78 is 28.5. The van der Waals surface area contributed by atoms with E-state index in [0.29, 0.717) is 24.7 Å². The van der Waals surface area contributed by atoms with Crippen LogP contribution >= 0.6 is 0 Å². The van der Waals surface area contributed by atoms with Crippen molar-refractivity contribution in [2.24, 2.45) is 5.73 Å². The minimum absolute atomic E-state index is 0.424. The van der Waals surface area contributed by atoms with Gasteiger partial charge in [-0.25, -0.2) is 13.4 Å². The van der Waals surface area contributed by atoms with Crippen LogP contribution in [-0.2, 0) is 22.9 Å². The van der Waals surface area contributed by atoms with E-state index in [1.807, 2.05) is 35.0 Å². The van der Waals surface area contributed by atoms with Crippen molar-refractivity contribution >= 4 is 9.84 Å². The Morgan fingerprint density at radius 2 is 2.04 bits per heavy atom. The average Bonchev–Trinajstić information content (AvgIpc) is 3.19. The summed E-state index contributed by atoms with van der Waals surface area (Å²) in [4.78, 5) is 3.97. The zero-order valence-electron chi connectivity index (χ0n) is 13.1. The van der Waals surface area contributed by atoms with Gasteiger partial charge in [0.1, 0.15) is 22.2 Å². The SMILES string of the molecule is NCc1cccc(OCCn2ccnc2)c1.O=S1(=O)CCCC1. The second kappa shape index (κ2) is 8.69. The molecule has 1 saturated heterocycles. The molecule has 0 saturated carbocycles. The van der Waals surface area contributed by atoms with Crippen molar-refractivity contribution < 1.29 is 13.2 Å². The normalized spacial score (nSPS) is 15.7. The van der Waals surface area contributed by atoms with Gasteiger partial charge >= 0.3 is 0 Å². The monoisotopic (exact) mass is 337 g/mol. The number of nitrogens with two attached hydrogens (primary N) is 1. The maximum atomic E-state index is 10.4. The molecule has 0 amide bonds. The zero-order valence-corrected chi connectivity index (χ0v) is 13.9. The maximum Gasteiger partial charge on any atom is 0.150 e. The first kappa shape index (κ1) is 17.5. The summed E-state index contributed by atoms with van der Waals surface area (Å²) in [5.74, 6) is 1.71. The fraction of sp³-hybridized carbons (Fsp3) is 0.438. The van der Waals surface area contributed by atoms with Crippen LogP contribution in [0.2, 0.25) is 0 Å². The molecule has 6 nitrogen and oxygen atoms in total. The van der Waals surface area contributed by atoms with Gasteiger partial charge in [-0.15, -0.1) is 0 Å². The summed E-state index contributed by atoms with van der Waals surface area (Å²) >= 11 is 0. The first-order chi connectivity index (χ1) is 11.1. The van der Waals surface area contributed by atoms with Crippen LogP contribution < -0.4 is 10.5 Å². The summed E-state index contributed by atoms with van der Waals surface area (Å²) in [6.07, 6.45) is 7.21. The van der Waals surface area contributed by atoms with Gasteiger partial charge in [0.2, 0.25) is 0 Å². The molecule has 0 aliphatic carbocycles. The van der Waals surface area contributed by atoms with Crippen molar-refractivity contribution in [1.29, 1.82) is 0 Å². The van der Waals surface area contributed by atoms with Crippen LogP contribution in [0.15, 0.2) is 43.0 Å². The van der Waals surface area contributed by atoms with Crippen LogP contribution in [0.4, 0.5) is 0 Å². The summed E-state index contributed by atoms with van der Waals surface area (Å²) in [7, 11) is -2.55. The molecule has 0 spiro atoms. The van der Waals surface area contributed by atoms with E-state index in [4.69, 9.17) is 10.5 Å². The largest absolute Gasteiger partial charge is 0.492 e. The van der Waals surface area contributed by atoms with Crippen LogP contribution in [0.1, 0.15) is 18.4 Å². The van der Waals surface area contributed by atoms with Gasteiger partial charge in [-0.2, -0.15) is 0 Å². The molecule has 1 aliphatic heterocycles. The summed E-state index contributed by atoms with van der Waals surface area (Å²) in [6, 6.07) is 7.85. The molecule has 0 bridgehead atoms. The third kappa shape index (κ3) is 6.42. The van der Waals surface area contributed by atoms with Crippen LogP contribution in [0, 0.1) is 0 Å². The number of aromatic nitrogens is 2. The molecular formula is C16H23N3O3S. The lowest BCUT2D eigenvalue weighted by Crippen LogP contribution is -2.06. The van der Waals surface area contributed by atoms with Gasteiger partial charge in [0.25, 0.3) is 0 Å². The molecule has 2 heterocycles. The van der Waals surface area contributed by atoms with Gasteiger partial charge in [0.15, 0.2) is 0 Å². The minimum atomic E-state index is -2.55. The van der Waals surface area contributed by atoms with Gasteiger partial charge in [-0.1, -0.05) is 12.1 Å². The Labute approximate surface area is 137 Å². The number of nitrogens with zero attached hydrogens (tertiary/aromatic N) is 2. The second-order valence-electron chi connectivity index (χ2n) is 5.36. The number of imidazole rings is 1. The van der Waals surface area contributed by atoms with E-state index in [0.717, 1.165) is 30.7 Å². The van der Waals surface area contributed by atoms with Gasteiger partial charge in [-0.05, 0) is 30.5 Å². The van der Waals surface area contributed by atoms with Gasteiger partial charge in [0.05, 0.1) is 24.4 Å². The van der Waals surface area contributed by atoms with Gasteiger partial charge in [-0.3, -0.25) is 0 Å². The highest BCUT2D eigenvalue weighted by Crippen LogP contribution is 2.12. The van der Waals surface area contributed by atoms with Crippen molar-refractivity contribution in [3.8, 4) is 5.75 Å². The average molecular weight is 337 g/mol. The van der Waals surface area contributed by atoms with Gasteiger partial charge in [0, 0.05) is 18.9 Å². The highest BCUT2D eigenvalue weighted by atomic mass is 32.2. The predicted octanol–water partition coefficient (Wildman–Crippen LogP) is 1.62. The number of rotatable bonds is 5. The highest BCUT2D eigenvalue weighted by molar-refractivity contribution is 7.91. The Morgan fingerprint density at radius 1 is 1.26 bits per heavy atom. The van der Waals surface area contributed by atoms with Crippen molar-refractivity contribution in [3.63, 3.8) is 0 Å². The number of hydrogen-bond donors (Lipinski definition) is 1. The lowest BCUT2D eigenvalue weighted by atomic mass is 10.2. The van der Waals surface area contributed by atoms with Crippen molar-refractivity contribution in [2.75, 3.05) is 18.1 Å². The first-order valence-electron chi connectivity index (χ1n) is 7.67. The molecule has 3 rings (SSSR count). The molecule has 1 aliphatic rings. The minimum Gasteiger partial charge on any atom is -0.492 e.